The van der Waals surface area contributed by atoms with E-state index in [0.717, 1.165) is 35.8 Å². The normalized spacial score (nSPS) is 16.7. The molecule has 0 saturated carbocycles. The minimum atomic E-state index is -3.55. The van der Waals surface area contributed by atoms with Crippen LogP contribution >= 0.6 is 0 Å². The van der Waals surface area contributed by atoms with Gasteiger partial charge in [0, 0.05) is 19.6 Å². The summed E-state index contributed by atoms with van der Waals surface area (Å²) in [5.74, 6) is 2.65. The van der Waals surface area contributed by atoms with Gasteiger partial charge >= 0.3 is 0 Å². The average molecular weight is 447 g/mol. The molecular weight excluding hydrogens is 416 g/mol. The van der Waals surface area contributed by atoms with Crippen LogP contribution in [0.5, 0.6) is 0 Å². The third-order valence-electron chi connectivity index (χ3n) is 5.61. The summed E-state index contributed by atoms with van der Waals surface area (Å²) in [4.78, 5) is 5.06. The molecule has 1 N–H and O–H groups in total. The highest BCUT2D eigenvalue weighted by Gasteiger charge is 2.27. The zero-order valence-electron chi connectivity index (χ0n) is 18.3. The molecule has 3 aromatic rings. The van der Waals surface area contributed by atoms with Crippen LogP contribution in [0.1, 0.15) is 43.7 Å². The number of nitrogens with zero attached hydrogens (tertiary/aromatic N) is 3. The van der Waals surface area contributed by atoms with Crippen molar-refractivity contribution in [2.45, 2.75) is 51.2 Å². The second kappa shape index (κ2) is 9.12. The number of hydrogen-bond donors (Lipinski definition) is 1. The van der Waals surface area contributed by atoms with E-state index in [-0.39, 0.29) is 10.9 Å². The molecule has 0 radical (unpaired) electrons. The number of imidazole rings is 1. The highest BCUT2D eigenvalue weighted by molar-refractivity contribution is 7.89. The predicted molar refractivity (Wildman–Crippen MR) is 118 cm³/mol. The van der Waals surface area contributed by atoms with Crippen LogP contribution in [-0.2, 0) is 27.8 Å². The molecule has 31 heavy (non-hydrogen) atoms. The highest BCUT2D eigenvalue weighted by Crippen LogP contribution is 2.24. The van der Waals surface area contributed by atoms with Crippen molar-refractivity contribution in [3.8, 4) is 0 Å². The Morgan fingerprint density at radius 3 is 2.65 bits per heavy atom. The number of sulfonamides is 1. The minimum Gasteiger partial charge on any atom is -0.465 e. The fraction of sp³-hybridized carbons (Fsp3) is 0.500. The van der Waals surface area contributed by atoms with Crippen molar-refractivity contribution in [3.05, 3.63) is 47.7 Å². The van der Waals surface area contributed by atoms with Gasteiger partial charge in [0.2, 0.25) is 10.0 Å². The average Bonchev–Trinajstić information content (AvgIpc) is 3.36. The van der Waals surface area contributed by atoms with Gasteiger partial charge in [-0.25, -0.2) is 13.4 Å². The predicted octanol–water partition coefficient (Wildman–Crippen LogP) is 3.22. The van der Waals surface area contributed by atoms with Crippen molar-refractivity contribution < 1.29 is 17.6 Å². The number of hydrogen-bond acceptors (Lipinski definition) is 6. The Kier molecular flexibility index (Phi) is 6.47. The lowest BCUT2D eigenvalue weighted by Gasteiger charge is -2.26. The Labute approximate surface area is 183 Å². The van der Waals surface area contributed by atoms with E-state index < -0.39 is 10.0 Å². The first-order valence-electron chi connectivity index (χ1n) is 10.8. The molecule has 1 aromatic carbocycles. The molecule has 1 saturated heterocycles. The summed E-state index contributed by atoms with van der Waals surface area (Å²) in [6.07, 6.45) is 0.958. The molecule has 0 spiro atoms. The van der Waals surface area contributed by atoms with E-state index in [1.807, 2.05) is 25.1 Å². The van der Waals surface area contributed by atoms with Crippen molar-refractivity contribution in [1.82, 2.24) is 19.2 Å². The van der Waals surface area contributed by atoms with Gasteiger partial charge in [0.1, 0.15) is 17.3 Å². The van der Waals surface area contributed by atoms with Crippen LogP contribution in [0.4, 0.5) is 0 Å². The third-order valence-corrected chi connectivity index (χ3v) is 7.50. The summed E-state index contributed by atoms with van der Waals surface area (Å²) >= 11 is 0. The number of fused-ring (bicyclic) bond motifs is 1. The molecule has 3 heterocycles. The van der Waals surface area contributed by atoms with E-state index in [1.54, 1.807) is 12.1 Å². The van der Waals surface area contributed by atoms with Crippen LogP contribution in [0.15, 0.2) is 39.6 Å². The molecule has 4 rings (SSSR count). The van der Waals surface area contributed by atoms with Crippen LogP contribution in [0.2, 0.25) is 0 Å². The first kappa shape index (κ1) is 22.0. The van der Waals surface area contributed by atoms with E-state index >= 15 is 0 Å². The lowest BCUT2D eigenvalue weighted by molar-refractivity contribution is 0.0730. The first-order valence-corrected chi connectivity index (χ1v) is 12.2. The van der Waals surface area contributed by atoms with Gasteiger partial charge in [-0.1, -0.05) is 6.92 Å². The van der Waals surface area contributed by atoms with Crippen LogP contribution < -0.4 is 5.32 Å². The van der Waals surface area contributed by atoms with Crippen LogP contribution in [-0.4, -0.2) is 48.6 Å². The maximum Gasteiger partial charge on any atom is 0.243 e. The van der Waals surface area contributed by atoms with Crippen molar-refractivity contribution in [3.63, 3.8) is 0 Å². The molecule has 2 aromatic heterocycles. The molecule has 1 aliphatic heterocycles. The second-order valence-electron chi connectivity index (χ2n) is 7.90. The third kappa shape index (κ3) is 4.55. The Hall–Kier alpha value is -2.20. The van der Waals surface area contributed by atoms with Gasteiger partial charge in [0.25, 0.3) is 0 Å². The number of furan rings is 1. The number of morpholine rings is 1. The molecule has 168 valence electrons. The van der Waals surface area contributed by atoms with Crippen molar-refractivity contribution in [2.24, 2.45) is 0 Å². The number of benzene rings is 1. The monoisotopic (exact) mass is 446 g/mol. The Morgan fingerprint density at radius 1 is 1.19 bits per heavy atom. The lowest BCUT2D eigenvalue weighted by Crippen LogP contribution is -2.40. The number of aromatic nitrogens is 2. The molecule has 1 unspecified atom stereocenters. The Morgan fingerprint density at radius 2 is 1.97 bits per heavy atom. The van der Waals surface area contributed by atoms with Crippen molar-refractivity contribution in [2.75, 3.05) is 26.3 Å². The minimum absolute atomic E-state index is 0.0425. The summed E-state index contributed by atoms with van der Waals surface area (Å²) in [7, 11) is -3.55. The smallest absolute Gasteiger partial charge is 0.243 e. The quantitative estimate of drug-likeness (QED) is 0.571. The SMILES string of the molecule is CCCn1c(CNC(C)c2ccc(C)o2)nc2cc(S(=O)(=O)N3CCOCC3)ccc21. The molecular formula is C22H30N4O4S. The summed E-state index contributed by atoms with van der Waals surface area (Å²) in [6.45, 7) is 9.09. The van der Waals surface area contributed by atoms with E-state index in [0.29, 0.717) is 38.4 Å². The van der Waals surface area contributed by atoms with E-state index in [1.165, 1.54) is 4.31 Å². The van der Waals surface area contributed by atoms with Gasteiger partial charge in [-0.3, -0.25) is 0 Å². The van der Waals surface area contributed by atoms with Crippen molar-refractivity contribution >= 4 is 21.1 Å². The molecule has 1 aliphatic rings. The van der Waals surface area contributed by atoms with Gasteiger partial charge < -0.3 is 19.0 Å². The molecule has 9 heteroatoms. The zero-order chi connectivity index (χ0) is 22.0. The zero-order valence-corrected chi connectivity index (χ0v) is 19.1. The maximum atomic E-state index is 13.0. The number of rotatable bonds is 8. The maximum absolute atomic E-state index is 13.0. The largest absolute Gasteiger partial charge is 0.465 e. The van der Waals surface area contributed by atoms with Gasteiger partial charge in [-0.15, -0.1) is 0 Å². The molecule has 1 atom stereocenters. The fourth-order valence-electron chi connectivity index (χ4n) is 3.90. The summed E-state index contributed by atoms with van der Waals surface area (Å²) in [5, 5.41) is 3.47. The standard InChI is InChI=1S/C22H30N4O4S/c1-4-9-26-20-7-6-18(31(27,28)25-10-12-29-13-11-25)14-19(20)24-22(26)15-23-17(3)21-8-5-16(2)30-21/h5-8,14,17,23H,4,9-13,15H2,1-3H3. The summed E-state index contributed by atoms with van der Waals surface area (Å²) < 4.78 is 40.7. The number of aryl methyl sites for hydroxylation is 2. The van der Waals surface area contributed by atoms with Crippen LogP contribution in [0, 0.1) is 6.92 Å². The Balaban J connectivity index is 1.61. The first-order chi connectivity index (χ1) is 14.9. The number of nitrogens with one attached hydrogen (secondary N) is 1. The van der Waals surface area contributed by atoms with Gasteiger partial charge in [-0.05, 0) is 50.6 Å². The van der Waals surface area contributed by atoms with Crippen molar-refractivity contribution in [1.29, 1.82) is 0 Å². The van der Waals surface area contributed by atoms with Gasteiger partial charge in [-0.2, -0.15) is 4.31 Å². The molecule has 8 nitrogen and oxygen atoms in total. The topological polar surface area (TPSA) is 89.6 Å². The molecule has 0 bridgehead atoms. The Bertz CT molecular complexity index is 1150. The van der Waals surface area contributed by atoms with E-state index in [4.69, 9.17) is 14.1 Å². The van der Waals surface area contributed by atoms with Crippen LogP contribution in [0.3, 0.4) is 0 Å². The number of ether oxygens (including phenoxy) is 1. The second-order valence-corrected chi connectivity index (χ2v) is 9.84. The van der Waals surface area contributed by atoms with Gasteiger partial charge in [0.15, 0.2) is 0 Å². The fourth-order valence-corrected chi connectivity index (χ4v) is 5.32. The van der Waals surface area contributed by atoms with E-state index in [9.17, 15) is 8.42 Å². The van der Waals surface area contributed by atoms with Crippen LogP contribution in [0.25, 0.3) is 11.0 Å². The van der Waals surface area contributed by atoms with E-state index in [2.05, 4.69) is 23.7 Å². The highest BCUT2D eigenvalue weighted by atomic mass is 32.2. The lowest BCUT2D eigenvalue weighted by atomic mass is 10.2. The summed E-state index contributed by atoms with van der Waals surface area (Å²) in [5.41, 5.74) is 1.64. The molecule has 0 aliphatic carbocycles. The molecule has 0 amide bonds. The van der Waals surface area contributed by atoms with Gasteiger partial charge in [0.05, 0.1) is 41.7 Å². The summed E-state index contributed by atoms with van der Waals surface area (Å²) in [6, 6.07) is 9.22. The molecule has 1 fully saturated rings.